The maximum absolute atomic E-state index is 13.1. The molecule has 0 aliphatic carbocycles. The van der Waals surface area contributed by atoms with E-state index in [2.05, 4.69) is 51.8 Å². The predicted molar refractivity (Wildman–Crippen MR) is 262 cm³/mol. The molecule has 2 aliphatic rings. The highest BCUT2D eigenvalue weighted by molar-refractivity contribution is 7.94. The number of anilines is 2. The molecule has 69 heavy (non-hydrogen) atoms. The van der Waals surface area contributed by atoms with Crippen LogP contribution in [-0.2, 0) is 38.3 Å². The van der Waals surface area contributed by atoms with Crippen LogP contribution in [0.1, 0.15) is 31.9 Å². The number of fused-ring (bicyclic) bond motifs is 2. The molecule has 22 heteroatoms. The van der Waals surface area contributed by atoms with Crippen LogP contribution in [0.3, 0.4) is 0 Å². The number of aromatic nitrogens is 10. The summed E-state index contributed by atoms with van der Waals surface area (Å²) < 4.78 is 48.7. The number of carbonyl (C=O) groups is 1. The van der Waals surface area contributed by atoms with Gasteiger partial charge in [0.1, 0.15) is 29.4 Å². The summed E-state index contributed by atoms with van der Waals surface area (Å²) in [5.41, 5.74) is 8.87. The molecule has 0 unspecified atom stereocenters. The number of aryl methyl sites for hydroxylation is 2. The molecule has 0 atom stereocenters. The van der Waals surface area contributed by atoms with Gasteiger partial charge in [0.25, 0.3) is 0 Å². The van der Waals surface area contributed by atoms with Crippen molar-refractivity contribution in [2.75, 3.05) is 59.0 Å². The van der Waals surface area contributed by atoms with E-state index in [1.165, 1.54) is 0 Å². The van der Waals surface area contributed by atoms with Crippen molar-refractivity contribution in [2.45, 2.75) is 26.4 Å². The zero-order valence-corrected chi connectivity index (χ0v) is 40.2. The van der Waals surface area contributed by atoms with Crippen molar-refractivity contribution in [3.63, 3.8) is 0 Å². The van der Waals surface area contributed by atoms with Crippen molar-refractivity contribution in [3.8, 4) is 56.6 Å². The minimum atomic E-state index is -2.68. The Balaban J connectivity index is 0.000000175. The second-order valence-electron chi connectivity index (χ2n) is 17.8. The average Bonchev–Trinajstić information content (AvgIpc) is 4.15. The van der Waals surface area contributed by atoms with Crippen LogP contribution < -0.4 is 9.80 Å². The molecule has 0 spiro atoms. The highest BCUT2D eigenvalue weighted by Gasteiger charge is 2.26. The topological polar surface area (TPSA) is 247 Å². The molecule has 2 aliphatic heterocycles. The molecule has 20 nitrogen and oxygen atoms in total. The zero-order chi connectivity index (χ0) is 48.7. The molecule has 8 aromatic heterocycles. The van der Waals surface area contributed by atoms with Crippen molar-refractivity contribution in [2.24, 2.45) is 18.5 Å². The van der Waals surface area contributed by atoms with E-state index >= 15 is 0 Å². The summed E-state index contributed by atoms with van der Waals surface area (Å²) in [5, 5.41) is 36.5. The van der Waals surface area contributed by atoms with Gasteiger partial charge in [-0.1, -0.05) is 0 Å². The minimum Gasteiger partial charge on any atom is -0.442 e. The Hall–Kier alpha value is -7.95. The van der Waals surface area contributed by atoms with Crippen molar-refractivity contribution in [1.82, 2.24) is 48.8 Å². The molecule has 1 N–H and O–H groups in total. The van der Waals surface area contributed by atoms with Crippen LogP contribution in [0.4, 0.5) is 16.4 Å². The number of nitriles is 2. The molecule has 0 bridgehead atoms. The van der Waals surface area contributed by atoms with E-state index in [4.69, 9.17) is 9.52 Å². The molecule has 2 saturated heterocycles. The fourth-order valence-electron chi connectivity index (χ4n) is 8.18. The molecular weight excluding hydrogens is 917 g/mol. The van der Waals surface area contributed by atoms with Gasteiger partial charge in [-0.05, 0) is 57.2 Å². The summed E-state index contributed by atoms with van der Waals surface area (Å²) in [4.78, 5) is 25.4. The van der Waals surface area contributed by atoms with Gasteiger partial charge in [0.2, 0.25) is 0 Å². The van der Waals surface area contributed by atoms with Gasteiger partial charge in [-0.25, -0.2) is 32.2 Å². The Bertz CT molecular complexity index is 3550. The number of nitrogens with zero attached hydrogens (tertiary/aromatic N) is 15. The van der Waals surface area contributed by atoms with Gasteiger partial charge >= 0.3 is 6.09 Å². The Kier molecular flexibility index (Phi) is 12.2. The van der Waals surface area contributed by atoms with Gasteiger partial charge in [-0.2, -0.15) is 30.9 Å². The Morgan fingerprint density at radius 2 is 1.09 bits per heavy atom. The lowest BCUT2D eigenvalue weighted by Crippen LogP contribution is -2.41. The van der Waals surface area contributed by atoms with Gasteiger partial charge in [-0.3, -0.25) is 14.1 Å². The van der Waals surface area contributed by atoms with Gasteiger partial charge in [0, 0.05) is 143 Å². The third-order valence-electron chi connectivity index (χ3n) is 11.7. The average molecular weight is 965 g/mol. The van der Waals surface area contributed by atoms with Crippen LogP contribution in [0.15, 0.2) is 103 Å². The summed E-state index contributed by atoms with van der Waals surface area (Å²) in [6.45, 7) is 7.30. The zero-order valence-electron chi connectivity index (χ0n) is 38.6. The first-order chi connectivity index (χ1) is 33.0. The number of pyridine rings is 4. The third kappa shape index (κ3) is 10.0. The van der Waals surface area contributed by atoms with Crippen LogP contribution in [-0.4, -0.2) is 118 Å². The lowest BCUT2D eigenvalue weighted by atomic mass is 10.0. The van der Waals surface area contributed by atoms with E-state index in [-0.39, 0.29) is 11.5 Å². The fourth-order valence-corrected chi connectivity index (χ4v) is 11.1. The first kappa shape index (κ1) is 46.2. The molecule has 2 fully saturated rings. The maximum Gasteiger partial charge on any atom is 0.442 e. The maximum atomic E-state index is 13.1. The van der Waals surface area contributed by atoms with Crippen molar-refractivity contribution < 1.29 is 17.9 Å². The lowest BCUT2D eigenvalue weighted by Gasteiger charge is -2.29. The third-order valence-corrected chi connectivity index (χ3v) is 15.5. The van der Waals surface area contributed by atoms with Crippen molar-refractivity contribution in [1.29, 1.82) is 15.3 Å². The molecule has 0 aromatic carbocycles. The van der Waals surface area contributed by atoms with Gasteiger partial charge in [-0.15, -0.1) is 4.36 Å². The monoisotopic (exact) mass is 964 g/mol. The van der Waals surface area contributed by atoms with E-state index < -0.39 is 31.2 Å². The molecule has 0 radical (unpaired) electrons. The first-order valence-electron chi connectivity index (χ1n) is 21.9. The van der Waals surface area contributed by atoms with Crippen LogP contribution in [0.25, 0.3) is 55.5 Å². The SMILES string of the molecule is Cn1cc(-c2cc(-c3ccc(N4CCS(=N)(=O)CC4)nc3)c3c(C#N)cnn3c2)cn1.Cn1cc(-c2cc(-c3ccc(N4CCS(=O)(=NC(=O)OC(C)(C)C)CC4)nc3)c3c(C#N)cnn3c2)cn1. The predicted octanol–water partition coefficient (Wildman–Crippen LogP) is 6.43. The summed E-state index contributed by atoms with van der Waals surface area (Å²) in [6.07, 6.45) is 17.1. The Morgan fingerprint density at radius 1 is 0.638 bits per heavy atom. The van der Waals surface area contributed by atoms with Gasteiger partial charge in [0.05, 0.1) is 68.2 Å². The van der Waals surface area contributed by atoms with E-state index in [1.807, 2.05) is 80.2 Å². The number of amides is 1. The van der Waals surface area contributed by atoms with Crippen LogP contribution >= 0.6 is 0 Å². The number of hydrogen-bond acceptors (Lipinski definition) is 15. The second-order valence-corrected chi connectivity index (χ2v) is 22.8. The van der Waals surface area contributed by atoms with E-state index in [0.717, 1.165) is 61.7 Å². The molecule has 10 rings (SSSR count). The quantitative estimate of drug-likeness (QED) is 0.189. The van der Waals surface area contributed by atoms with E-state index in [1.54, 1.807) is 76.3 Å². The summed E-state index contributed by atoms with van der Waals surface area (Å²) in [5.74, 6) is 2.78. The largest absolute Gasteiger partial charge is 0.442 e. The van der Waals surface area contributed by atoms with Crippen LogP contribution in [0, 0.1) is 27.4 Å². The fraction of sp³-hybridized carbons (Fsp3) is 0.298. The number of carbonyl (C=O) groups excluding carboxylic acids is 1. The highest BCUT2D eigenvalue weighted by Crippen LogP contribution is 2.34. The molecule has 1 amide bonds. The lowest BCUT2D eigenvalue weighted by molar-refractivity contribution is 0.0607. The highest BCUT2D eigenvalue weighted by atomic mass is 32.2. The number of ether oxygens (including phenoxy) is 1. The van der Waals surface area contributed by atoms with Crippen LogP contribution in [0.2, 0.25) is 0 Å². The Morgan fingerprint density at radius 3 is 1.46 bits per heavy atom. The molecule has 10 heterocycles. The molecule has 352 valence electrons. The molecule has 0 saturated carbocycles. The van der Waals surface area contributed by atoms with Crippen molar-refractivity contribution in [3.05, 3.63) is 109 Å². The smallest absolute Gasteiger partial charge is 0.442 e. The van der Waals surface area contributed by atoms with Crippen molar-refractivity contribution >= 4 is 48.2 Å². The second kappa shape index (κ2) is 18.3. The number of nitrogens with one attached hydrogen (secondary N) is 1. The summed E-state index contributed by atoms with van der Waals surface area (Å²) in [6, 6.07) is 16.3. The van der Waals surface area contributed by atoms with E-state index in [9.17, 15) is 23.7 Å². The van der Waals surface area contributed by atoms with Crippen LogP contribution in [0.5, 0.6) is 0 Å². The first-order valence-corrected chi connectivity index (χ1v) is 25.7. The van der Waals surface area contributed by atoms with E-state index in [0.29, 0.717) is 54.3 Å². The number of rotatable bonds is 6. The molecular formula is C47H48N16O4S2. The Labute approximate surface area is 398 Å². The standard InChI is InChI=1S/C26H28N8O3S.C21H20N8OS/c1-26(2,3)37-25(35)31-38(36)9-7-33(8-10-38)23-6-5-18(13-28-23)22-11-19(21-15-29-32(4)16-21)17-34-24(22)20(12-27)14-30-34;1-27-13-18(12-25-27)16-8-19(21-17(9-22)11-26-29(21)14-16)15-2-3-20(24-10-15)28-4-6-31(23,30)7-5-28/h5-6,11,13-17H,7-10H2,1-4H3;2-3,8,10-14,23H,4-7H2,1H3. The minimum absolute atomic E-state index is 0.255. The summed E-state index contributed by atoms with van der Waals surface area (Å²) >= 11 is 0. The summed E-state index contributed by atoms with van der Waals surface area (Å²) in [7, 11) is -1.39. The van der Waals surface area contributed by atoms with Gasteiger partial charge < -0.3 is 14.5 Å². The molecule has 8 aromatic rings. The normalized spacial score (nSPS) is 15.5. The number of hydrogen-bond donors (Lipinski definition) is 1. The van der Waals surface area contributed by atoms with Gasteiger partial charge in [0.15, 0.2) is 0 Å².